The first kappa shape index (κ1) is 16.4. The van der Waals surface area contributed by atoms with Gasteiger partial charge >= 0.3 is 5.97 Å². The number of hydrogen-bond donors (Lipinski definition) is 1. The summed E-state index contributed by atoms with van der Waals surface area (Å²) in [5.41, 5.74) is 0. The first-order valence-electron chi connectivity index (χ1n) is 7.63. The Labute approximate surface area is 146 Å². The van der Waals surface area contributed by atoms with Crippen LogP contribution in [-0.2, 0) is 14.4 Å². The summed E-state index contributed by atoms with van der Waals surface area (Å²) in [7, 11) is 0. The van der Waals surface area contributed by atoms with Crippen molar-refractivity contribution in [1.29, 1.82) is 0 Å². The summed E-state index contributed by atoms with van der Waals surface area (Å²) in [5.74, 6) is -1.99. The van der Waals surface area contributed by atoms with E-state index in [-0.39, 0.29) is 51.1 Å². The van der Waals surface area contributed by atoms with E-state index in [0.29, 0.717) is 6.42 Å². The number of carbonyl (C=O) groups is 3. The van der Waals surface area contributed by atoms with Crippen LogP contribution >= 0.6 is 31.9 Å². The van der Waals surface area contributed by atoms with Crippen molar-refractivity contribution in [3.05, 3.63) is 0 Å². The van der Waals surface area contributed by atoms with Crippen LogP contribution < -0.4 is 0 Å². The molecule has 122 valence electrons. The van der Waals surface area contributed by atoms with Crippen molar-refractivity contribution in [2.24, 2.45) is 29.6 Å². The molecule has 3 aliphatic rings. The Bertz CT molecular complexity index is 506. The quantitative estimate of drug-likeness (QED) is 0.541. The minimum Gasteiger partial charge on any atom is -0.480 e. The van der Waals surface area contributed by atoms with Gasteiger partial charge in [0.2, 0.25) is 11.8 Å². The second kappa shape index (κ2) is 5.58. The molecule has 0 unspecified atom stereocenters. The lowest BCUT2D eigenvalue weighted by Gasteiger charge is -2.28. The van der Waals surface area contributed by atoms with Crippen LogP contribution in [0.2, 0.25) is 0 Å². The number of carbonyl (C=O) groups excluding carboxylic acids is 2. The van der Waals surface area contributed by atoms with Crippen molar-refractivity contribution in [2.75, 3.05) is 0 Å². The number of carboxylic acids is 1. The Kier molecular flexibility index (Phi) is 4.17. The third kappa shape index (κ3) is 2.19. The molecule has 7 atom stereocenters. The van der Waals surface area contributed by atoms with Crippen LogP contribution in [0.4, 0.5) is 0 Å². The molecule has 3 fully saturated rings. The van der Waals surface area contributed by atoms with E-state index in [9.17, 15) is 19.5 Å². The Morgan fingerprint density at radius 2 is 1.64 bits per heavy atom. The first-order valence-corrected chi connectivity index (χ1v) is 9.46. The zero-order valence-corrected chi connectivity index (χ0v) is 15.6. The second-order valence-electron chi connectivity index (χ2n) is 7.03. The van der Waals surface area contributed by atoms with E-state index >= 15 is 0 Å². The minimum atomic E-state index is -1.09. The Hall–Kier alpha value is -0.430. The van der Waals surface area contributed by atoms with Crippen LogP contribution in [0.3, 0.4) is 0 Å². The number of carboxylic acid groups (broad SMARTS) is 1. The van der Waals surface area contributed by atoms with Crippen molar-refractivity contribution in [2.45, 2.75) is 42.4 Å². The number of hydrogen-bond acceptors (Lipinski definition) is 3. The molecule has 0 aromatic carbocycles. The molecule has 0 radical (unpaired) electrons. The molecule has 7 heteroatoms. The maximum Gasteiger partial charge on any atom is 0.326 e. The van der Waals surface area contributed by atoms with Crippen molar-refractivity contribution in [3.63, 3.8) is 0 Å². The highest BCUT2D eigenvalue weighted by Gasteiger charge is 2.67. The smallest absolute Gasteiger partial charge is 0.326 e. The highest BCUT2D eigenvalue weighted by Crippen LogP contribution is 2.60. The molecule has 2 bridgehead atoms. The summed E-state index contributed by atoms with van der Waals surface area (Å²) in [4.78, 5) is 38.5. The summed E-state index contributed by atoms with van der Waals surface area (Å²) in [5, 5.41) is 9.47. The van der Waals surface area contributed by atoms with Crippen molar-refractivity contribution in [1.82, 2.24) is 4.90 Å². The highest BCUT2D eigenvalue weighted by atomic mass is 79.9. The fourth-order valence-corrected chi connectivity index (χ4v) is 6.32. The Morgan fingerprint density at radius 3 is 2.00 bits per heavy atom. The third-order valence-corrected chi connectivity index (χ3v) is 8.52. The second-order valence-corrected chi connectivity index (χ2v) is 9.15. The monoisotopic (exact) mass is 435 g/mol. The van der Waals surface area contributed by atoms with Gasteiger partial charge in [0.15, 0.2) is 0 Å². The van der Waals surface area contributed by atoms with E-state index in [1.165, 1.54) is 0 Å². The molecule has 0 aromatic heterocycles. The third-order valence-electron chi connectivity index (χ3n) is 5.31. The van der Waals surface area contributed by atoms with Crippen LogP contribution in [0.5, 0.6) is 0 Å². The van der Waals surface area contributed by atoms with Gasteiger partial charge in [0.25, 0.3) is 0 Å². The van der Waals surface area contributed by atoms with Gasteiger partial charge in [0, 0.05) is 9.65 Å². The lowest BCUT2D eigenvalue weighted by molar-refractivity contribution is -0.156. The summed E-state index contributed by atoms with van der Waals surface area (Å²) in [6.07, 6.45) is 1.16. The number of amides is 2. The topological polar surface area (TPSA) is 74.7 Å². The van der Waals surface area contributed by atoms with Gasteiger partial charge in [-0.1, -0.05) is 45.7 Å². The van der Waals surface area contributed by atoms with Crippen molar-refractivity contribution in [3.8, 4) is 0 Å². The van der Waals surface area contributed by atoms with Crippen LogP contribution in [0.15, 0.2) is 0 Å². The minimum absolute atomic E-state index is 0.103. The standard InChI is InChI=1S/C15H19Br2NO4/c1-5(2)3-8(15(21)22)18-13(19)9-6-4-7(10(9)14(18)20)12(17)11(6)16/h5-12H,3-4H2,1-2H3,(H,21,22)/t6-,7+,8-,9+,10-,11+,12+/m1/s1. The summed E-state index contributed by atoms with van der Waals surface area (Å²) >= 11 is 7.25. The van der Waals surface area contributed by atoms with Crippen LogP contribution in [-0.4, -0.2) is 43.5 Å². The van der Waals surface area contributed by atoms with Crippen LogP contribution in [0.1, 0.15) is 26.7 Å². The lowest BCUT2D eigenvalue weighted by atomic mass is 9.81. The number of rotatable bonds is 4. The van der Waals surface area contributed by atoms with Gasteiger partial charge in [-0.05, 0) is 30.6 Å². The summed E-state index contributed by atoms with van der Waals surface area (Å²) in [6, 6.07) is -1.03. The van der Waals surface area contributed by atoms with Gasteiger partial charge in [-0.3, -0.25) is 14.5 Å². The molecule has 1 aliphatic heterocycles. The molecule has 1 heterocycles. The maximum atomic E-state index is 12.8. The molecule has 1 N–H and O–H groups in total. The summed E-state index contributed by atoms with van der Waals surface area (Å²) < 4.78 is 0. The maximum absolute atomic E-state index is 12.8. The molecule has 2 aliphatic carbocycles. The van der Waals surface area contributed by atoms with E-state index in [1.807, 2.05) is 13.8 Å². The average Bonchev–Trinajstić information content (AvgIpc) is 3.02. The van der Waals surface area contributed by atoms with E-state index < -0.39 is 12.0 Å². The van der Waals surface area contributed by atoms with Gasteiger partial charge < -0.3 is 5.11 Å². The number of fused-ring (bicyclic) bond motifs is 5. The predicted octanol–water partition coefficient (Wildman–Crippen LogP) is 2.26. The van der Waals surface area contributed by atoms with Gasteiger partial charge in [-0.15, -0.1) is 0 Å². The average molecular weight is 437 g/mol. The lowest BCUT2D eigenvalue weighted by Crippen LogP contribution is -2.47. The fourth-order valence-electron chi connectivity index (χ4n) is 4.44. The van der Waals surface area contributed by atoms with Gasteiger partial charge in [-0.2, -0.15) is 0 Å². The molecular formula is C15H19Br2NO4. The fraction of sp³-hybridized carbons (Fsp3) is 0.800. The molecule has 0 spiro atoms. The van der Waals surface area contributed by atoms with Crippen LogP contribution in [0, 0.1) is 29.6 Å². The largest absolute Gasteiger partial charge is 0.480 e. The van der Waals surface area contributed by atoms with E-state index in [2.05, 4.69) is 31.9 Å². The number of aliphatic carboxylic acids is 1. The van der Waals surface area contributed by atoms with Gasteiger partial charge in [0.05, 0.1) is 11.8 Å². The number of alkyl halides is 2. The van der Waals surface area contributed by atoms with Crippen LogP contribution in [0.25, 0.3) is 0 Å². The number of nitrogens with zero attached hydrogens (tertiary/aromatic N) is 1. The number of imide groups is 1. The molecule has 1 saturated heterocycles. The zero-order chi connectivity index (χ0) is 16.3. The van der Waals surface area contributed by atoms with E-state index in [0.717, 1.165) is 11.3 Å². The molecule has 2 saturated carbocycles. The van der Waals surface area contributed by atoms with Crippen molar-refractivity contribution >= 4 is 49.6 Å². The SMILES string of the molecule is CC(C)C[C@H](C(=O)O)N1C(=O)[C@@H]2[C@@H]3C[C@@H]([C@H](Br)[C@H]3Br)[C@@H]2C1=O. The van der Waals surface area contributed by atoms with Crippen molar-refractivity contribution < 1.29 is 19.5 Å². The molecule has 5 nitrogen and oxygen atoms in total. The normalized spacial score (nSPS) is 41.4. The Balaban J connectivity index is 1.92. The molecule has 2 amide bonds. The zero-order valence-electron chi connectivity index (χ0n) is 12.4. The Morgan fingerprint density at radius 1 is 1.18 bits per heavy atom. The highest BCUT2D eigenvalue weighted by molar-refractivity contribution is 9.12. The number of likely N-dealkylation sites (tertiary alicyclic amines) is 1. The van der Waals surface area contributed by atoms with E-state index in [4.69, 9.17) is 0 Å². The van der Waals surface area contributed by atoms with E-state index in [1.54, 1.807) is 0 Å². The molecule has 0 aromatic rings. The number of halogens is 2. The first-order chi connectivity index (χ1) is 10.3. The molecule has 22 heavy (non-hydrogen) atoms. The summed E-state index contributed by atoms with van der Waals surface area (Å²) in [6.45, 7) is 3.79. The van der Waals surface area contributed by atoms with Gasteiger partial charge in [0.1, 0.15) is 6.04 Å². The molecule has 3 rings (SSSR count). The van der Waals surface area contributed by atoms with Gasteiger partial charge in [-0.25, -0.2) is 4.79 Å². The predicted molar refractivity (Wildman–Crippen MR) is 86.7 cm³/mol. The molecular weight excluding hydrogens is 418 g/mol.